The molecule has 17 heavy (non-hydrogen) atoms. The van der Waals surface area contributed by atoms with E-state index in [0.717, 1.165) is 18.2 Å². The van der Waals surface area contributed by atoms with E-state index in [2.05, 4.69) is 0 Å². The van der Waals surface area contributed by atoms with Crippen molar-refractivity contribution in [3.63, 3.8) is 0 Å². The second-order valence-corrected chi connectivity index (χ2v) is 5.46. The molecule has 1 aromatic carbocycles. The SMILES string of the molecule is CC(O)C(C)SCC(N)c1cc(F)ccc1F. The van der Waals surface area contributed by atoms with Crippen molar-refractivity contribution >= 4 is 11.8 Å². The van der Waals surface area contributed by atoms with E-state index >= 15 is 0 Å². The maximum Gasteiger partial charge on any atom is 0.128 e. The molecule has 3 atom stereocenters. The number of rotatable bonds is 5. The van der Waals surface area contributed by atoms with Gasteiger partial charge in [-0.05, 0) is 25.1 Å². The predicted octanol–water partition coefficient (Wildman–Crippen LogP) is 2.47. The van der Waals surface area contributed by atoms with E-state index in [1.807, 2.05) is 6.92 Å². The molecular weight excluding hydrogens is 244 g/mol. The largest absolute Gasteiger partial charge is 0.392 e. The number of hydrogen-bond donors (Lipinski definition) is 2. The number of halogens is 2. The molecule has 96 valence electrons. The molecule has 0 amide bonds. The first kappa shape index (κ1) is 14.4. The first-order valence-electron chi connectivity index (χ1n) is 5.42. The lowest BCUT2D eigenvalue weighted by molar-refractivity contribution is 0.196. The number of thioether (sulfide) groups is 1. The molecule has 0 heterocycles. The van der Waals surface area contributed by atoms with Crippen LogP contribution in [-0.2, 0) is 0 Å². The summed E-state index contributed by atoms with van der Waals surface area (Å²) in [6.07, 6.45) is -0.454. The van der Waals surface area contributed by atoms with Crippen LogP contribution in [0.5, 0.6) is 0 Å². The first-order valence-corrected chi connectivity index (χ1v) is 6.47. The zero-order valence-corrected chi connectivity index (χ0v) is 10.7. The average Bonchev–Trinajstić information content (AvgIpc) is 2.28. The van der Waals surface area contributed by atoms with Crippen LogP contribution in [0.1, 0.15) is 25.5 Å². The minimum atomic E-state index is -0.572. The van der Waals surface area contributed by atoms with E-state index in [-0.39, 0.29) is 10.8 Å². The van der Waals surface area contributed by atoms with Crippen LogP contribution in [0, 0.1) is 11.6 Å². The van der Waals surface area contributed by atoms with Gasteiger partial charge in [0, 0.05) is 22.6 Å². The van der Waals surface area contributed by atoms with E-state index < -0.39 is 23.8 Å². The Kier molecular flexibility index (Phi) is 5.36. The average molecular weight is 261 g/mol. The molecule has 0 bridgehead atoms. The molecule has 0 aliphatic heterocycles. The first-order chi connectivity index (χ1) is 7.91. The van der Waals surface area contributed by atoms with Crippen LogP contribution in [0.4, 0.5) is 8.78 Å². The van der Waals surface area contributed by atoms with Gasteiger partial charge in [0.25, 0.3) is 0 Å². The van der Waals surface area contributed by atoms with Crippen molar-refractivity contribution in [1.29, 1.82) is 0 Å². The van der Waals surface area contributed by atoms with Crippen LogP contribution in [0.3, 0.4) is 0 Å². The van der Waals surface area contributed by atoms with Gasteiger partial charge in [0.1, 0.15) is 11.6 Å². The van der Waals surface area contributed by atoms with Gasteiger partial charge in [0.05, 0.1) is 6.10 Å². The monoisotopic (exact) mass is 261 g/mol. The van der Waals surface area contributed by atoms with E-state index in [9.17, 15) is 13.9 Å². The summed E-state index contributed by atoms with van der Waals surface area (Å²) >= 11 is 1.44. The summed E-state index contributed by atoms with van der Waals surface area (Å²) in [5.74, 6) is -0.554. The third-order valence-electron chi connectivity index (χ3n) is 2.58. The van der Waals surface area contributed by atoms with Crippen molar-refractivity contribution in [2.75, 3.05) is 5.75 Å². The molecule has 3 unspecified atom stereocenters. The Morgan fingerprint density at radius 2 is 2.00 bits per heavy atom. The van der Waals surface area contributed by atoms with Gasteiger partial charge in [0.2, 0.25) is 0 Å². The van der Waals surface area contributed by atoms with Crippen molar-refractivity contribution in [1.82, 2.24) is 0 Å². The van der Waals surface area contributed by atoms with E-state index in [4.69, 9.17) is 5.73 Å². The van der Waals surface area contributed by atoms with Crippen LogP contribution in [0.2, 0.25) is 0 Å². The number of aliphatic hydroxyl groups is 1. The highest BCUT2D eigenvalue weighted by Gasteiger charge is 2.16. The molecule has 0 radical (unpaired) electrons. The summed E-state index contributed by atoms with van der Waals surface area (Å²) in [6.45, 7) is 3.55. The van der Waals surface area contributed by atoms with Crippen molar-refractivity contribution < 1.29 is 13.9 Å². The topological polar surface area (TPSA) is 46.2 Å². The Morgan fingerprint density at radius 3 is 2.59 bits per heavy atom. The molecule has 0 spiro atoms. The quantitative estimate of drug-likeness (QED) is 0.856. The van der Waals surface area contributed by atoms with Gasteiger partial charge in [-0.1, -0.05) is 6.92 Å². The van der Waals surface area contributed by atoms with Gasteiger partial charge in [-0.2, -0.15) is 11.8 Å². The lowest BCUT2D eigenvalue weighted by atomic mass is 10.1. The number of aliphatic hydroxyl groups excluding tert-OH is 1. The third-order valence-corrected chi connectivity index (χ3v) is 4.05. The van der Waals surface area contributed by atoms with E-state index in [0.29, 0.717) is 5.75 Å². The molecule has 0 aliphatic carbocycles. The fourth-order valence-electron chi connectivity index (χ4n) is 1.28. The lowest BCUT2D eigenvalue weighted by Gasteiger charge is -2.18. The molecule has 0 saturated carbocycles. The standard InChI is InChI=1S/C12H17F2NOS/c1-7(16)8(2)17-6-12(15)10-5-9(13)3-4-11(10)14/h3-5,7-8,12,16H,6,15H2,1-2H3. The van der Waals surface area contributed by atoms with E-state index in [1.165, 1.54) is 11.8 Å². The zero-order valence-electron chi connectivity index (χ0n) is 9.86. The highest BCUT2D eigenvalue weighted by Crippen LogP contribution is 2.23. The Balaban J connectivity index is 2.63. The van der Waals surface area contributed by atoms with Gasteiger partial charge in [-0.25, -0.2) is 8.78 Å². The normalized spacial score (nSPS) is 16.6. The van der Waals surface area contributed by atoms with Crippen molar-refractivity contribution in [3.8, 4) is 0 Å². The molecule has 2 nitrogen and oxygen atoms in total. The molecule has 0 aromatic heterocycles. The number of nitrogens with two attached hydrogens (primary N) is 1. The lowest BCUT2D eigenvalue weighted by Crippen LogP contribution is -2.21. The Morgan fingerprint density at radius 1 is 1.35 bits per heavy atom. The smallest absolute Gasteiger partial charge is 0.128 e. The van der Waals surface area contributed by atoms with Gasteiger partial charge in [0.15, 0.2) is 0 Å². The van der Waals surface area contributed by atoms with Crippen LogP contribution in [0.15, 0.2) is 18.2 Å². The molecule has 1 aromatic rings. The molecule has 0 fully saturated rings. The minimum Gasteiger partial charge on any atom is -0.392 e. The van der Waals surface area contributed by atoms with Gasteiger partial charge >= 0.3 is 0 Å². The van der Waals surface area contributed by atoms with Crippen LogP contribution < -0.4 is 5.73 Å². The molecule has 5 heteroatoms. The Labute approximate surface area is 104 Å². The molecular formula is C12H17F2NOS. The molecule has 0 saturated heterocycles. The van der Waals surface area contributed by atoms with Gasteiger partial charge < -0.3 is 10.8 Å². The number of hydrogen-bond acceptors (Lipinski definition) is 3. The van der Waals surface area contributed by atoms with Gasteiger partial charge in [-0.15, -0.1) is 0 Å². The third kappa shape index (κ3) is 4.26. The molecule has 1 rings (SSSR count). The second-order valence-electron chi connectivity index (χ2n) is 4.05. The van der Waals surface area contributed by atoms with E-state index in [1.54, 1.807) is 6.92 Å². The maximum absolute atomic E-state index is 13.4. The summed E-state index contributed by atoms with van der Waals surface area (Å²) in [4.78, 5) is 0. The summed E-state index contributed by atoms with van der Waals surface area (Å²) in [5, 5.41) is 9.32. The van der Waals surface area contributed by atoms with Crippen molar-refractivity contribution in [2.24, 2.45) is 5.73 Å². The van der Waals surface area contributed by atoms with Crippen LogP contribution >= 0.6 is 11.8 Å². The highest BCUT2D eigenvalue weighted by molar-refractivity contribution is 7.99. The number of benzene rings is 1. The zero-order chi connectivity index (χ0) is 13.0. The predicted molar refractivity (Wildman–Crippen MR) is 66.9 cm³/mol. The minimum absolute atomic E-state index is 0.0117. The summed E-state index contributed by atoms with van der Waals surface area (Å²) < 4.78 is 26.4. The maximum atomic E-state index is 13.4. The highest BCUT2D eigenvalue weighted by atomic mass is 32.2. The van der Waals surface area contributed by atoms with Gasteiger partial charge in [-0.3, -0.25) is 0 Å². The van der Waals surface area contributed by atoms with Crippen molar-refractivity contribution in [2.45, 2.75) is 31.2 Å². The molecule has 0 aliphatic rings. The summed E-state index contributed by atoms with van der Waals surface area (Å²) in [5.41, 5.74) is 5.98. The molecule has 3 N–H and O–H groups in total. The fourth-order valence-corrected chi connectivity index (χ4v) is 2.25. The second kappa shape index (κ2) is 6.33. The fraction of sp³-hybridized carbons (Fsp3) is 0.500. The van der Waals surface area contributed by atoms with Crippen LogP contribution in [-0.4, -0.2) is 22.2 Å². The van der Waals surface area contributed by atoms with Crippen LogP contribution in [0.25, 0.3) is 0 Å². The summed E-state index contributed by atoms with van der Waals surface area (Å²) in [7, 11) is 0. The Hall–Kier alpha value is -0.650. The van der Waals surface area contributed by atoms with Crippen molar-refractivity contribution in [3.05, 3.63) is 35.4 Å². The Bertz CT molecular complexity index is 374. The summed E-state index contributed by atoms with van der Waals surface area (Å²) in [6, 6.07) is 2.69.